The quantitative estimate of drug-likeness (QED) is 0.855. The summed E-state index contributed by atoms with van der Waals surface area (Å²) in [5, 5.41) is 10.2. The van der Waals surface area contributed by atoms with Crippen LogP contribution in [0.4, 0.5) is 0 Å². The minimum absolute atomic E-state index is 0.0186. The molecule has 0 unspecified atom stereocenters. The van der Waals surface area contributed by atoms with Crippen molar-refractivity contribution >= 4 is 0 Å². The van der Waals surface area contributed by atoms with E-state index in [4.69, 9.17) is 4.74 Å². The Labute approximate surface area is 111 Å². The number of methoxy groups -OCH3 is 1. The monoisotopic (exact) mass is 250 g/mol. The second-order valence-electron chi connectivity index (χ2n) is 6.93. The number of rotatable bonds is 2. The molecular weight excluding hydrogens is 224 g/mol. The van der Waals surface area contributed by atoms with Crippen LogP contribution < -0.4 is 0 Å². The first-order valence-electron chi connectivity index (χ1n) is 6.43. The third-order valence-corrected chi connectivity index (χ3v) is 3.07. The molecule has 0 bridgehead atoms. The van der Waals surface area contributed by atoms with Crippen LogP contribution in [-0.4, -0.2) is 12.2 Å². The summed E-state index contributed by atoms with van der Waals surface area (Å²) < 4.78 is 5.29. The zero-order valence-electron chi connectivity index (χ0n) is 12.7. The molecule has 0 aliphatic carbocycles. The smallest absolute Gasteiger partial charge is 0.119 e. The molecule has 0 aliphatic rings. The first kappa shape index (κ1) is 15.0. The molecule has 0 atom stereocenters. The van der Waals surface area contributed by atoms with Gasteiger partial charge in [0.25, 0.3) is 0 Å². The van der Waals surface area contributed by atoms with Crippen molar-refractivity contribution in [3.8, 4) is 5.75 Å². The number of aromatic hydroxyl groups is 1. The maximum absolute atomic E-state index is 10.2. The van der Waals surface area contributed by atoms with Crippen molar-refractivity contribution in [2.45, 2.75) is 59.0 Å². The molecule has 0 saturated heterocycles. The van der Waals surface area contributed by atoms with Gasteiger partial charge in [0.2, 0.25) is 0 Å². The van der Waals surface area contributed by atoms with E-state index in [1.807, 2.05) is 6.07 Å². The summed E-state index contributed by atoms with van der Waals surface area (Å²) in [4.78, 5) is 0. The van der Waals surface area contributed by atoms with Gasteiger partial charge in [0.05, 0.1) is 6.61 Å². The van der Waals surface area contributed by atoms with Gasteiger partial charge in [-0.2, -0.15) is 0 Å². The third-order valence-electron chi connectivity index (χ3n) is 3.07. The van der Waals surface area contributed by atoms with E-state index in [0.29, 0.717) is 12.4 Å². The molecule has 102 valence electrons. The highest BCUT2D eigenvalue weighted by molar-refractivity contribution is 5.51. The van der Waals surface area contributed by atoms with Gasteiger partial charge in [-0.05, 0) is 28.0 Å². The van der Waals surface area contributed by atoms with Crippen LogP contribution in [0.2, 0.25) is 0 Å². The third kappa shape index (κ3) is 3.05. The lowest BCUT2D eigenvalue weighted by Crippen LogP contribution is -2.24. The van der Waals surface area contributed by atoms with Crippen LogP contribution in [0.25, 0.3) is 0 Å². The van der Waals surface area contributed by atoms with E-state index in [-0.39, 0.29) is 10.8 Å². The topological polar surface area (TPSA) is 29.5 Å². The van der Waals surface area contributed by atoms with E-state index in [9.17, 15) is 5.11 Å². The second-order valence-corrected chi connectivity index (χ2v) is 6.93. The summed E-state index contributed by atoms with van der Waals surface area (Å²) in [5.74, 6) is 0.382. The van der Waals surface area contributed by atoms with Crippen LogP contribution in [0.1, 0.15) is 58.2 Å². The Morgan fingerprint density at radius 2 is 1.44 bits per heavy atom. The summed E-state index contributed by atoms with van der Waals surface area (Å²) in [6.45, 7) is 13.5. The van der Waals surface area contributed by atoms with Gasteiger partial charge in [-0.15, -0.1) is 0 Å². The van der Waals surface area contributed by atoms with Gasteiger partial charge in [-0.3, -0.25) is 0 Å². The highest BCUT2D eigenvalue weighted by atomic mass is 16.5. The Kier molecular flexibility index (Phi) is 4.12. The van der Waals surface area contributed by atoms with E-state index >= 15 is 0 Å². The van der Waals surface area contributed by atoms with Crippen LogP contribution in [-0.2, 0) is 22.2 Å². The number of benzene rings is 1. The molecule has 0 radical (unpaired) electrons. The maximum atomic E-state index is 10.2. The molecule has 0 fully saturated rings. The lowest BCUT2D eigenvalue weighted by molar-refractivity contribution is 0.182. The molecule has 18 heavy (non-hydrogen) atoms. The molecule has 0 amide bonds. The fourth-order valence-corrected chi connectivity index (χ4v) is 2.53. The Bertz CT molecular complexity index is 420. The average molecular weight is 250 g/mol. The summed E-state index contributed by atoms with van der Waals surface area (Å²) in [7, 11) is 1.70. The lowest BCUT2D eigenvalue weighted by Gasteiger charge is -2.33. The van der Waals surface area contributed by atoms with E-state index in [0.717, 1.165) is 11.1 Å². The predicted octanol–water partition coefficient (Wildman–Crippen LogP) is 4.13. The zero-order valence-corrected chi connectivity index (χ0v) is 12.7. The van der Waals surface area contributed by atoms with Gasteiger partial charge < -0.3 is 9.84 Å². The number of hydrogen-bond donors (Lipinski definition) is 1. The van der Waals surface area contributed by atoms with Gasteiger partial charge in [0, 0.05) is 12.7 Å². The first-order chi connectivity index (χ1) is 8.09. The largest absolute Gasteiger partial charge is 0.508 e. The van der Waals surface area contributed by atoms with Gasteiger partial charge in [-0.25, -0.2) is 0 Å². The SMILES string of the molecule is COCc1ccc(O)c(C(C)(C)C)c1C(C)(C)C. The van der Waals surface area contributed by atoms with Crippen molar-refractivity contribution in [2.24, 2.45) is 0 Å². The molecule has 0 heterocycles. The number of phenols is 1. The molecule has 2 nitrogen and oxygen atoms in total. The fraction of sp³-hybridized carbons (Fsp3) is 0.625. The van der Waals surface area contributed by atoms with E-state index in [2.05, 4.69) is 41.5 Å². The van der Waals surface area contributed by atoms with Gasteiger partial charge in [0.1, 0.15) is 5.75 Å². The van der Waals surface area contributed by atoms with Crippen LogP contribution >= 0.6 is 0 Å². The molecular formula is C16H26O2. The molecule has 0 saturated carbocycles. The highest BCUT2D eigenvalue weighted by Crippen LogP contribution is 2.41. The van der Waals surface area contributed by atoms with Crippen LogP contribution in [0, 0.1) is 0 Å². The molecule has 2 heteroatoms. The van der Waals surface area contributed by atoms with Crippen LogP contribution in [0.5, 0.6) is 5.75 Å². The van der Waals surface area contributed by atoms with E-state index in [1.54, 1.807) is 13.2 Å². The summed E-state index contributed by atoms with van der Waals surface area (Å²) in [6.07, 6.45) is 0. The standard InChI is InChI=1S/C16H26O2/c1-15(2,3)13-11(10-18-7)8-9-12(17)14(13)16(4,5)6/h8-9,17H,10H2,1-7H3. The predicted molar refractivity (Wildman–Crippen MR) is 76.2 cm³/mol. The molecule has 0 aliphatic heterocycles. The molecule has 1 aromatic rings. The Hall–Kier alpha value is -1.02. The lowest BCUT2D eigenvalue weighted by atomic mass is 9.73. The molecule has 1 N–H and O–H groups in total. The number of ether oxygens (including phenoxy) is 1. The molecule has 1 rings (SSSR count). The minimum atomic E-state index is -0.0869. The van der Waals surface area contributed by atoms with Gasteiger partial charge in [0.15, 0.2) is 0 Å². The van der Waals surface area contributed by atoms with Crippen LogP contribution in [0.15, 0.2) is 12.1 Å². The normalized spacial score (nSPS) is 12.8. The summed E-state index contributed by atoms with van der Waals surface area (Å²) >= 11 is 0. The second kappa shape index (κ2) is 4.93. The average Bonchev–Trinajstić information content (AvgIpc) is 2.17. The van der Waals surface area contributed by atoms with Crippen molar-refractivity contribution in [3.63, 3.8) is 0 Å². The van der Waals surface area contributed by atoms with E-state index < -0.39 is 0 Å². The molecule has 1 aromatic carbocycles. The molecule has 0 aromatic heterocycles. The van der Waals surface area contributed by atoms with Crippen molar-refractivity contribution < 1.29 is 9.84 Å². The zero-order chi connectivity index (χ0) is 14.1. The van der Waals surface area contributed by atoms with Crippen molar-refractivity contribution in [2.75, 3.05) is 7.11 Å². The van der Waals surface area contributed by atoms with Crippen LogP contribution in [0.3, 0.4) is 0 Å². The molecule has 0 spiro atoms. The Balaban J connectivity index is 3.62. The highest BCUT2D eigenvalue weighted by Gasteiger charge is 2.30. The maximum Gasteiger partial charge on any atom is 0.119 e. The van der Waals surface area contributed by atoms with Crippen molar-refractivity contribution in [1.82, 2.24) is 0 Å². The van der Waals surface area contributed by atoms with Gasteiger partial charge in [-0.1, -0.05) is 47.6 Å². The number of phenolic OH excluding ortho intramolecular Hbond substituents is 1. The first-order valence-corrected chi connectivity index (χ1v) is 6.43. The van der Waals surface area contributed by atoms with Crippen molar-refractivity contribution in [1.29, 1.82) is 0 Å². The number of hydrogen-bond acceptors (Lipinski definition) is 2. The summed E-state index contributed by atoms with van der Waals surface area (Å²) in [5.41, 5.74) is 3.29. The minimum Gasteiger partial charge on any atom is -0.508 e. The fourth-order valence-electron chi connectivity index (χ4n) is 2.53. The van der Waals surface area contributed by atoms with Gasteiger partial charge >= 0.3 is 0 Å². The van der Waals surface area contributed by atoms with E-state index in [1.165, 1.54) is 5.56 Å². The summed E-state index contributed by atoms with van der Waals surface area (Å²) in [6, 6.07) is 3.75. The van der Waals surface area contributed by atoms with Crippen molar-refractivity contribution in [3.05, 3.63) is 28.8 Å². The Morgan fingerprint density at radius 1 is 0.944 bits per heavy atom. The Morgan fingerprint density at radius 3 is 1.83 bits per heavy atom.